The molecule has 1 saturated heterocycles. The van der Waals surface area contributed by atoms with Crippen molar-refractivity contribution in [1.29, 1.82) is 0 Å². The van der Waals surface area contributed by atoms with Gasteiger partial charge in [-0.2, -0.15) is 0 Å². The van der Waals surface area contributed by atoms with Crippen molar-refractivity contribution in [3.8, 4) is 0 Å². The Morgan fingerprint density at radius 3 is 2.60 bits per heavy atom. The first-order valence-corrected chi connectivity index (χ1v) is 7.81. The quantitative estimate of drug-likeness (QED) is 0.617. The number of carbonyl (C=O) groups is 1. The van der Waals surface area contributed by atoms with Crippen molar-refractivity contribution >= 4 is 17.7 Å². The first kappa shape index (κ1) is 15.1. The summed E-state index contributed by atoms with van der Waals surface area (Å²) in [5.41, 5.74) is 0. The van der Waals surface area contributed by atoms with Crippen LogP contribution in [-0.2, 0) is 9.53 Å². The summed E-state index contributed by atoms with van der Waals surface area (Å²) in [5, 5.41) is -0.118. The number of hydrogen-bond donors (Lipinski definition) is 0. The molecule has 0 unspecified atom stereocenters. The Balaban J connectivity index is 2.10. The highest BCUT2D eigenvalue weighted by Crippen LogP contribution is 2.30. The predicted octanol–water partition coefficient (Wildman–Crippen LogP) is 2.83. The first-order chi connectivity index (χ1) is 9.72. The van der Waals surface area contributed by atoms with Gasteiger partial charge in [0, 0.05) is 18.0 Å². The maximum Gasteiger partial charge on any atom is 0.236 e. The van der Waals surface area contributed by atoms with Gasteiger partial charge in [0.25, 0.3) is 0 Å². The molecular formula is C16H21NO2S. The molecule has 0 N–H and O–H groups in total. The number of allylic oxidation sites excluding steroid dienone is 1. The van der Waals surface area contributed by atoms with E-state index >= 15 is 0 Å². The number of rotatable bonds is 5. The molecule has 1 heterocycles. The summed E-state index contributed by atoms with van der Waals surface area (Å²) >= 11 is 1.62. The van der Waals surface area contributed by atoms with Gasteiger partial charge in [-0.3, -0.25) is 4.79 Å². The lowest BCUT2D eigenvalue weighted by Crippen LogP contribution is -2.46. The molecule has 3 nitrogen and oxygen atoms in total. The average molecular weight is 291 g/mol. The molecule has 1 aliphatic heterocycles. The Kier molecular flexibility index (Phi) is 5.68. The second kappa shape index (κ2) is 7.50. The van der Waals surface area contributed by atoms with E-state index in [0.29, 0.717) is 26.3 Å². The molecule has 1 aromatic carbocycles. The lowest BCUT2D eigenvalue weighted by atomic mass is 10.1. The molecule has 4 heteroatoms. The van der Waals surface area contributed by atoms with E-state index < -0.39 is 0 Å². The van der Waals surface area contributed by atoms with Crippen LogP contribution in [0.3, 0.4) is 0 Å². The number of thioether (sulfide) groups is 1. The van der Waals surface area contributed by atoms with Gasteiger partial charge < -0.3 is 9.64 Å². The summed E-state index contributed by atoms with van der Waals surface area (Å²) in [7, 11) is 0. The first-order valence-electron chi connectivity index (χ1n) is 6.93. The zero-order valence-corrected chi connectivity index (χ0v) is 12.6. The van der Waals surface area contributed by atoms with Crippen molar-refractivity contribution in [1.82, 2.24) is 4.90 Å². The van der Waals surface area contributed by atoms with Gasteiger partial charge in [0.05, 0.1) is 18.5 Å². The van der Waals surface area contributed by atoms with Crippen LogP contribution in [-0.4, -0.2) is 42.4 Å². The molecule has 1 fully saturated rings. The second-order valence-corrected chi connectivity index (χ2v) is 6.10. The van der Waals surface area contributed by atoms with Crippen LogP contribution in [0.4, 0.5) is 0 Å². The number of hydrogen-bond acceptors (Lipinski definition) is 3. The Bertz CT molecular complexity index is 443. The highest BCUT2D eigenvalue weighted by molar-refractivity contribution is 8.00. The van der Waals surface area contributed by atoms with Crippen molar-refractivity contribution in [2.75, 3.05) is 26.3 Å². The van der Waals surface area contributed by atoms with Gasteiger partial charge in [-0.15, -0.1) is 18.3 Å². The number of benzene rings is 1. The van der Waals surface area contributed by atoms with E-state index in [9.17, 15) is 4.79 Å². The molecule has 0 saturated carbocycles. The molecule has 0 radical (unpaired) electrons. The van der Waals surface area contributed by atoms with Crippen LogP contribution in [0.25, 0.3) is 0 Å². The van der Waals surface area contributed by atoms with E-state index in [1.165, 1.54) is 0 Å². The van der Waals surface area contributed by atoms with Crippen molar-refractivity contribution in [3.63, 3.8) is 0 Å². The summed E-state index contributed by atoms with van der Waals surface area (Å²) < 4.78 is 5.31. The van der Waals surface area contributed by atoms with Crippen molar-refractivity contribution in [2.24, 2.45) is 5.92 Å². The fraction of sp³-hybridized carbons (Fsp3) is 0.438. The fourth-order valence-electron chi connectivity index (χ4n) is 2.12. The molecule has 0 aliphatic carbocycles. The Morgan fingerprint density at radius 2 is 2.00 bits per heavy atom. The van der Waals surface area contributed by atoms with Crippen LogP contribution in [0.1, 0.15) is 6.92 Å². The topological polar surface area (TPSA) is 29.5 Å². The van der Waals surface area contributed by atoms with E-state index in [2.05, 4.69) is 6.58 Å². The van der Waals surface area contributed by atoms with Crippen LogP contribution >= 0.6 is 11.8 Å². The minimum Gasteiger partial charge on any atom is -0.378 e. The van der Waals surface area contributed by atoms with Crippen LogP contribution in [0.15, 0.2) is 47.9 Å². The highest BCUT2D eigenvalue weighted by Gasteiger charge is 2.29. The zero-order chi connectivity index (χ0) is 14.4. The summed E-state index contributed by atoms with van der Waals surface area (Å²) in [4.78, 5) is 15.7. The van der Waals surface area contributed by atoms with Gasteiger partial charge in [-0.25, -0.2) is 0 Å². The van der Waals surface area contributed by atoms with E-state index in [0.717, 1.165) is 4.90 Å². The Labute approximate surface area is 125 Å². The summed E-state index contributed by atoms with van der Waals surface area (Å²) in [5.74, 6) is 0.324. The molecular weight excluding hydrogens is 270 g/mol. The Morgan fingerprint density at radius 1 is 1.35 bits per heavy atom. The molecule has 2 atom stereocenters. The summed E-state index contributed by atoms with van der Waals surface area (Å²) in [6.45, 7) is 8.54. The summed E-state index contributed by atoms with van der Waals surface area (Å²) in [6, 6.07) is 10.1. The van der Waals surface area contributed by atoms with Crippen LogP contribution in [0.5, 0.6) is 0 Å². The minimum atomic E-state index is -0.118. The molecule has 20 heavy (non-hydrogen) atoms. The van der Waals surface area contributed by atoms with Gasteiger partial charge in [0.1, 0.15) is 0 Å². The second-order valence-electron chi connectivity index (χ2n) is 4.88. The van der Waals surface area contributed by atoms with Crippen LogP contribution in [0, 0.1) is 5.92 Å². The maximum atomic E-state index is 12.7. The molecule has 0 spiro atoms. The van der Waals surface area contributed by atoms with Gasteiger partial charge >= 0.3 is 0 Å². The average Bonchev–Trinajstić information content (AvgIpc) is 2.53. The molecule has 108 valence electrons. The highest BCUT2D eigenvalue weighted by atomic mass is 32.2. The van der Waals surface area contributed by atoms with Gasteiger partial charge in [-0.05, 0) is 18.1 Å². The Hall–Kier alpha value is -1.26. The fourth-order valence-corrected chi connectivity index (χ4v) is 3.30. The number of amides is 1. The van der Waals surface area contributed by atoms with E-state index in [4.69, 9.17) is 4.74 Å². The maximum absolute atomic E-state index is 12.7. The van der Waals surface area contributed by atoms with E-state index in [1.54, 1.807) is 11.8 Å². The normalized spacial score (nSPS) is 18.4. The van der Waals surface area contributed by atoms with Crippen LogP contribution < -0.4 is 0 Å². The lowest BCUT2D eigenvalue weighted by Gasteiger charge is -2.31. The van der Waals surface area contributed by atoms with E-state index in [1.807, 2.05) is 48.2 Å². The lowest BCUT2D eigenvalue weighted by molar-refractivity contribution is -0.135. The number of ether oxygens (including phenoxy) is 1. The SMILES string of the molecule is C=C[C@@H](C)[C@@H](Sc1ccccc1)C(=O)N1CCOCC1. The largest absolute Gasteiger partial charge is 0.378 e. The standard InChI is InChI=1S/C16H21NO2S/c1-3-13(2)15(20-14-7-5-4-6-8-14)16(18)17-9-11-19-12-10-17/h3-8,13,15H,1,9-12H2,2H3/t13-,15-/m1/s1. The molecule has 2 rings (SSSR count). The minimum absolute atomic E-state index is 0.118. The van der Waals surface area contributed by atoms with E-state index in [-0.39, 0.29) is 17.1 Å². The molecule has 0 bridgehead atoms. The zero-order valence-electron chi connectivity index (χ0n) is 11.8. The predicted molar refractivity (Wildman–Crippen MR) is 82.8 cm³/mol. The van der Waals surface area contributed by atoms with Gasteiger partial charge in [0.15, 0.2) is 0 Å². The smallest absolute Gasteiger partial charge is 0.236 e. The van der Waals surface area contributed by atoms with Gasteiger partial charge in [0.2, 0.25) is 5.91 Å². The molecule has 1 amide bonds. The molecule has 1 aliphatic rings. The van der Waals surface area contributed by atoms with Crippen molar-refractivity contribution in [3.05, 3.63) is 43.0 Å². The van der Waals surface area contributed by atoms with Crippen molar-refractivity contribution in [2.45, 2.75) is 17.1 Å². The number of carbonyl (C=O) groups excluding carboxylic acids is 1. The summed E-state index contributed by atoms with van der Waals surface area (Å²) in [6.07, 6.45) is 1.86. The van der Waals surface area contributed by atoms with Crippen LogP contribution in [0.2, 0.25) is 0 Å². The molecule has 1 aromatic rings. The third-order valence-corrected chi connectivity index (χ3v) is 4.85. The monoisotopic (exact) mass is 291 g/mol. The molecule has 0 aromatic heterocycles. The number of morpholine rings is 1. The van der Waals surface area contributed by atoms with Crippen molar-refractivity contribution < 1.29 is 9.53 Å². The third-order valence-electron chi connectivity index (χ3n) is 3.42. The third kappa shape index (κ3) is 3.87. The number of nitrogens with zero attached hydrogens (tertiary/aromatic N) is 1. The van der Waals surface area contributed by atoms with Gasteiger partial charge in [-0.1, -0.05) is 31.2 Å².